The summed E-state index contributed by atoms with van der Waals surface area (Å²) in [6.45, 7) is 5.87. The van der Waals surface area contributed by atoms with E-state index in [2.05, 4.69) is 0 Å². The Balaban J connectivity index is 3.07. The highest BCUT2D eigenvalue weighted by atomic mass is 32.2. The SMILES string of the molecule is CCC(C)(C)N(C)S(=O)(=O)N1CCCCC1C(=O)O. The molecule has 0 aromatic carbocycles. The summed E-state index contributed by atoms with van der Waals surface area (Å²) in [7, 11) is -2.22. The quantitative estimate of drug-likeness (QED) is 0.828. The van der Waals surface area contributed by atoms with Crippen molar-refractivity contribution in [2.24, 2.45) is 0 Å². The molecule has 1 atom stereocenters. The number of carboxylic acid groups (broad SMARTS) is 1. The Bertz CT molecular complexity index is 433. The van der Waals surface area contributed by atoms with Crippen LogP contribution in [0.3, 0.4) is 0 Å². The van der Waals surface area contributed by atoms with Crippen LogP contribution in [0.1, 0.15) is 46.5 Å². The fourth-order valence-corrected chi connectivity index (χ4v) is 4.07. The average Bonchev–Trinajstić information content (AvgIpc) is 2.37. The lowest BCUT2D eigenvalue weighted by atomic mass is 10.0. The minimum Gasteiger partial charge on any atom is -0.480 e. The van der Waals surface area contributed by atoms with E-state index < -0.39 is 27.8 Å². The van der Waals surface area contributed by atoms with Crippen LogP contribution in [0.15, 0.2) is 0 Å². The standard InChI is InChI=1S/C12H24N2O4S/c1-5-12(2,3)13(4)19(17,18)14-9-7-6-8-10(14)11(15)16/h10H,5-9H2,1-4H3,(H,15,16). The highest BCUT2D eigenvalue weighted by Crippen LogP contribution is 2.27. The van der Waals surface area contributed by atoms with Gasteiger partial charge in [-0.15, -0.1) is 0 Å². The minimum absolute atomic E-state index is 0.281. The molecular formula is C12H24N2O4S. The van der Waals surface area contributed by atoms with E-state index in [4.69, 9.17) is 0 Å². The van der Waals surface area contributed by atoms with E-state index in [1.54, 1.807) is 0 Å². The van der Waals surface area contributed by atoms with Crippen molar-refractivity contribution in [3.8, 4) is 0 Å². The topological polar surface area (TPSA) is 77.9 Å². The van der Waals surface area contributed by atoms with Gasteiger partial charge in [-0.1, -0.05) is 6.92 Å². The molecule has 1 heterocycles. The molecule has 0 aromatic heterocycles. The molecule has 19 heavy (non-hydrogen) atoms. The fourth-order valence-electron chi connectivity index (χ4n) is 2.12. The van der Waals surface area contributed by atoms with Crippen LogP contribution in [-0.2, 0) is 15.0 Å². The molecule has 1 fully saturated rings. The monoisotopic (exact) mass is 292 g/mol. The number of nitrogens with zero attached hydrogens (tertiary/aromatic N) is 2. The van der Waals surface area contributed by atoms with Gasteiger partial charge in [0.25, 0.3) is 10.2 Å². The number of aliphatic carboxylic acids is 1. The molecule has 1 saturated heterocycles. The van der Waals surface area contributed by atoms with Crippen LogP contribution >= 0.6 is 0 Å². The van der Waals surface area contributed by atoms with Crippen LogP contribution in [0.4, 0.5) is 0 Å². The number of carbonyl (C=O) groups is 1. The molecule has 7 heteroatoms. The van der Waals surface area contributed by atoms with E-state index in [9.17, 15) is 18.3 Å². The molecule has 0 spiro atoms. The predicted molar refractivity (Wildman–Crippen MR) is 73.0 cm³/mol. The van der Waals surface area contributed by atoms with Gasteiger partial charge in [0.1, 0.15) is 6.04 Å². The maximum Gasteiger partial charge on any atom is 0.322 e. The third kappa shape index (κ3) is 3.27. The van der Waals surface area contributed by atoms with E-state index >= 15 is 0 Å². The zero-order chi connectivity index (χ0) is 14.8. The Hall–Kier alpha value is -0.660. The van der Waals surface area contributed by atoms with Gasteiger partial charge in [-0.25, -0.2) is 0 Å². The van der Waals surface area contributed by atoms with Crippen LogP contribution in [0.5, 0.6) is 0 Å². The van der Waals surface area contributed by atoms with Crippen molar-refractivity contribution in [1.82, 2.24) is 8.61 Å². The van der Waals surface area contributed by atoms with E-state index in [-0.39, 0.29) is 6.54 Å². The summed E-state index contributed by atoms with van der Waals surface area (Å²) in [6, 6.07) is -0.936. The summed E-state index contributed by atoms with van der Waals surface area (Å²) in [4.78, 5) is 11.2. The molecule has 0 saturated carbocycles. The second-order valence-corrected chi connectivity index (χ2v) is 7.51. The van der Waals surface area contributed by atoms with Gasteiger partial charge >= 0.3 is 5.97 Å². The largest absolute Gasteiger partial charge is 0.480 e. The molecule has 0 aliphatic carbocycles. The molecule has 0 amide bonds. The molecular weight excluding hydrogens is 268 g/mol. The third-order valence-corrected chi connectivity index (χ3v) is 6.32. The number of hydrogen-bond donors (Lipinski definition) is 1. The van der Waals surface area contributed by atoms with Crippen molar-refractivity contribution in [2.45, 2.75) is 58.0 Å². The molecule has 0 bridgehead atoms. The maximum absolute atomic E-state index is 12.6. The van der Waals surface area contributed by atoms with Crippen LogP contribution in [0.25, 0.3) is 0 Å². The van der Waals surface area contributed by atoms with Crippen molar-refractivity contribution >= 4 is 16.2 Å². The summed E-state index contributed by atoms with van der Waals surface area (Å²) in [5.41, 5.74) is -0.528. The van der Waals surface area contributed by atoms with Crippen LogP contribution in [0, 0.1) is 0 Å². The first-order chi connectivity index (χ1) is 8.64. The number of carboxylic acids is 1. The van der Waals surface area contributed by atoms with Gasteiger partial charge in [-0.05, 0) is 39.5 Å². The van der Waals surface area contributed by atoms with Gasteiger partial charge in [0.05, 0.1) is 0 Å². The molecule has 0 radical (unpaired) electrons. The normalized spacial score (nSPS) is 22.7. The fraction of sp³-hybridized carbons (Fsp3) is 0.917. The zero-order valence-corrected chi connectivity index (χ0v) is 12.9. The Labute approximate surface area is 115 Å². The van der Waals surface area contributed by atoms with Crippen molar-refractivity contribution < 1.29 is 18.3 Å². The predicted octanol–water partition coefficient (Wildman–Crippen LogP) is 1.29. The van der Waals surface area contributed by atoms with E-state index in [1.165, 1.54) is 11.4 Å². The van der Waals surface area contributed by atoms with Gasteiger partial charge < -0.3 is 5.11 Å². The van der Waals surface area contributed by atoms with Gasteiger partial charge in [0.15, 0.2) is 0 Å². The Morgan fingerprint density at radius 3 is 2.47 bits per heavy atom. The number of hydrogen-bond acceptors (Lipinski definition) is 3. The average molecular weight is 292 g/mol. The number of piperidine rings is 1. The molecule has 112 valence electrons. The Kier molecular flexibility index (Phi) is 4.97. The zero-order valence-electron chi connectivity index (χ0n) is 12.1. The van der Waals surface area contributed by atoms with Crippen LogP contribution in [0.2, 0.25) is 0 Å². The molecule has 1 N–H and O–H groups in total. The van der Waals surface area contributed by atoms with E-state index in [1.807, 2.05) is 20.8 Å². The summed E-state index contributed by atoms with van der Waals surface area (Å²) in [5, 5.41) is 9.19. The Morgan fingerprint density at radius 2 is 2.00 bits per heavy atom. The molecule has 0 aromatic rings. The van der Waals surface area contributed by atoms with Crippen molar-refractivity contribution in [2.75, 3.05) is 13.6 Å². The minimum atomic E-state index is -3.74. The van der Waals surface area contributed by atoms with E-state index in [0.717, 1.165) is 10.7 Å². The van der Waals surface area contributed by atoms with Crippen LogP contribution < -0.4 is 0 Å². The summed E-state index contributed by atoms with van der Waals surface area (Å²) < 4.78 is 27.6. The third-order valence-electron chi connectivity index (χ3n) is 4.10. The van der Waals surface area contributed by atoms with Crippen molar-refractivity contribution in [1.29, 1.82) is 0 Å². The Morgan fingerprint density at radius 1 is 1.42 bits per heavy atom. The first kappa shape index (κ1) is 16.4. The van der Waals surface area contributed by atoms with Gasteiger partial charge in [-0.2, -0.15) is 17.0 Å². The first-order valence-electron chi connectivity index (χ1n) is 6.63. The van der Waals surface area contributed by atoms with Crippen molar-refractivity contribution in [3.05, 3.63) is 0 Å². The highest BCUT2D eigenvalue weighted by molar-refractivity contribution is 7.86. The van der Waals surface area contributed by atoms with Crippen molar-refractivity contribution in [3.63, 3.8) is 0 Å². The van der Waals surface area contributed by atoms with Gasteiger partial charge in [0.2, 0.25) is 0 Å². The molecule has 6 nitrogen and oxygen atoms in total. The molecule has 1 aliphatic rings. The first-order valence-corrected chi connectivity index (χ1v) is 8.03. The van der Waals surface area contributed by atoms with Gasteiger partial charge in [0, 0.05) is 19.1 Å². The smallest absolute Gasteiger partial charge is 0.322 e. The molecule has 1 unspecified atom stereocenters. The lowest BCUT2D eigenvalue weighted by Gasteiger charge is -2.40. The summed E-state index contributed by atoms with van der Waals surface area (Å²) in [5.74, 6) is -1.06. The maximum atomic E-state index is 12.6. The molecule has 1 aliphatic heterocycles. The lowest BCUT2D eigenvalue weighted by molar-refractivity contribution is -0.142. The summed E-state index contributed by atoms with van der Waals surface area (Å²) >= 11 is 0. The second kappa shape index (κ2) is 5.76. The number of rotatable bonds is 5. The van der Waals surface area contributed by atoms with E-state index in [0.29, 0.717) is 19.3 Å². The second-order valence-electron chi connectivity index (χ2n) is 5.60. The van der Waals surface area contributed by atoms with Gasteiger partial charge in [-0.3, -0.25) is 4.79 Å². The lowest BCUT2D eigenvalue weighted by Crippen LogP contribution is -2.56. The highest BCUT2D eigenvalue weighted by Gasteiger charge is 2.42. The molecule has 1 rings (SSSR count). The summed E-state index contributed by atoms with van der Waals surface area (Å²) in [6.07, 6.45) is 2.51. The van der Waals surface area contributed by atoms with Crippen LogP contribution in [-0.4, -0.2) is 53.3 Å².